The Morgan fingerprint density at radius 1 is 0.912 bits per heavy atom. The average Bonchev–Trinajstić information content (AvgIpc) is 3.39. The topological polar surface area (TPSA) is 59.1 Å². The van der Waals surface area contributed by atoms with Crippen molar-refractivity contribution >= 4 is 23.2 Å². The highest BCUT2D eigenvalue weighted by Crippen LogP contribution is 2.17. The first-order valence-corrected chi connectivity index (χ1v) is 12.3. The summed E-state index contributed by atoms with van der Waals surface area (Å²) in [4.78, 5) is 31.4. The summed E-state index contributed by atoms with van der Waals surface area (Å²) >= 11 is 1.62. The molecule has 1 heterocycles. The van der Waals surface area contributed by atoms with E-state index in [1.807, 2.05) is 59.7 Å². The Morgan fingerprint density at radius 3 is 2.32 bits per heavy atom. The molecule has 0 saturated carbocycles. The second kappa shape index (κ2) is 13.5. The molecule has 2 amide bonds. The zero-order valence-electron chi connectivity index (χ0n) is 19.8. The van der Waals surface area contributed by atoms with E-state index in [1.54, 1.807) is 47.6 Å². The molecule has 0 radical (unpaired) electrons. The molecular weight excluding hydrogens is 448 g/mol. The molecule has 180 valence electrons. The van der Waals surface area contributed by atoms with E-state index in [1.165, 1.54) is 0 Å². The minimum absolute atomic E-state index is 0.00912. The summed E-state index contributed by atoms with van der Waals surface area (Å²) in [6, 6.07) is 20.9. The molecule has 0 aliphatic rings. The number of amides is 2. The Morgan fingerprint density at radius 2 is 1.68 bits per heavy atom. The van der Waals surface area contributed by atoms with Crippen LogP contribution in [0.1, 0.15) is 34.1 Å². The van der Waals surface area contributed by atoms with Gasteiger partial charge < -0.3 is 19.3 Å². The first kappa shape index (κ1) is 25.5. The number of rotatable bonds is 13. The van der Waals surface area contributed by atoms with Crippen molar-refractivity contribution in [2.45, 2.75) is 26.4 Å². The van der Waals surface area contributed by atoms with Gasteiger partial charge in [0.1, 0.15) is 12.3 Å². The van der Waals surface area contributed by atoms with Crippen LogP contribution in [-0.2, 0) is 22.6 Å². The number of nitrogens with zero attached hydrogens (tertiary/aromatic N) is 2. The van der Waals surface area contributed by atoms with Crippen LogP contribution in [0.2, 0.25) is 0 Å². The van der Waals surface area contributed by atoms with E-state index in [-0.39, 0.29) is 18.4 Å². The zero-order valence-corrected chi connectivity index (χ0v) is 20.6. The van der Waals surface area contributed by atoms with Crippen molar-refractivity contribution in [1.29, 1.82) is 0 Å². The van der Waals surface area contributed by atoms with Crippen LogP contribution in [0.15, 0.2) is 72.1 Å². The van der Waals surface area contributed by atoms with E-state index in [4.69, 9.17) is 9.47 Å². The number of carbonyl (C=O) groups excluding carboxylic acids is 2. The van der Waals surface area contributed by atoms with E-state index in [9.17, 15) is 9.59 Å². The van der Waals surface area contributed by atoms with Crippen LogP contribution in [0.25, 0.3) is 0 Å². The maximum atomic E-state index is 13.5. The molecule has 0 bridgehead atoms. The molecule has 1 aromatic heterocycles. The molecule has 7 heteroatoms. The largest absolute Gasteiger partial charge is 0.497 e. The van der Waals surface area contributed by atoms with E-state index in [2.05, 4.69) is 0 Å². The van der Waals surface area contributed by atoms with Gasteiger partial charge in [0, 0.05) is 36.7 Å². The van der Waals surface area contributed by atoms with Gasteiger partial charge in [-0.05, 0) is 54.6 Å². The first-order valence-electron chi connectivity index (χ1n) is 11.5. The molecule has 6 nitrogen and oxygen atoms in total. The minimum atomic E-state index is -0.178. The lowest BCUT2D eigenvalue weighted by molar-refractivity contribution is -0.133. The molecule has 0 atom stereocenters. The quantitative estimate of drug-likeness (QED) is 0.328. The molecule has 2 aromatic carbocycles. The average molecular weight is 481 g/mol. The second-order valence-electron chi connectivity index (χ2n) is 7.82. The smallest absolute Gasteiger partial charge is 0.254 e. The summed E-state index contributed by atoms with van der Waals surface area (Å²) in [6.45, 7) is 4.55. The van der Waals surface area contributed by atoms with Crippen molar-refractivity contribution in [3.63, 3.8) is 0 Å². The van der Waals surface area contributed by atoms with Crippen molar-refractivity contribution in [3.8, 4) is 5.75 Å². The van der Waals surface area contributed by atoms with E-state index >= 15 is 0 Å². The molecule has 0 aliphatic heterocycles. The van der Waals surface area contributed by atoms with Crippen molar-refractivity contribution in [1.82, 2.24) is 9.80 Å². The van der Waals surface area contributed by atoms with Gasteiger partial charge in [0.05, 0.1) is 13.7 Å². The zero-order chi connectivity index (χ0) is 24.2. The Bertz CT molecular complexity index is 1010. The van der Waals surface area contributed by atoms with Crippen LogP contribution in [0, 0.1) is 0 Å². The van der Waals surface area contributed by atoms with Crippen LogP contribution >= 0.6 is 11.3 Å². The number of hydrogen-bond acceptors (Lipinski definition) is 5. The first-order chi connectivity index (χ1) is 16.6. The Labute approximate surface area is 205 Å². The van der Waals surface area contributed by atoms with Gasteiger partial charge in [-0.2, -0.15) is 0 Å². The normalized spacial score (nSPS) is 10.6. The van der Waals surface area contributed by atoms with Crippen molar-refractivity contribution in [3.05, 3.63) is 88.1 Å². The maximum Gasteiger partial charge on any atom is 0.254 e. The third-order valence-electron chi connectivity index (χ3n) is 5.37. The highest BCUT2D eigenvalue weighted by Gasteiger charge is 2.23. The van der Waals surface area contributed by atoms with Crippen LogP contribution < -0.4 is 4.74 Å². The summed E-state index contributed by atoms with van der Waals surface area (Å²) in [5, 5.41) is 2.01. The molecule has 0 aliphatic carbocycles. The third-order valence-corrected chi connectivity index (χ3v) is 6.23. The van der Waals surface area contributed by atoms with Crippen molar-refractivity contribution in [2.24, 2.45) is 0 Å². The molecule has 0 spiro atoms. The van der Waals surface area contributed by atoms with Crippen LogP contribution in [0.5, 0.6) is 5.75 Å². The van der Waals surface area contributed by atoms with Crippen molar-refractivity contribution < 1.29 is 19.1 Å². The summed E-state index contributed by atoms with van der Waals surface area (Å²) in [5.41, 5.74) is 1.58. The number of carbonyl (C=O) groups is 2. The van der Waals surface area contributed by atoms with Gasteiger partial charge in [0.15, 0.2) is 0 Å². The lowest BCUT2D eigenvalue weighted by Gasteiger charge is -2.28. The summed E-state index contributed by atoms with van der Waals surface area (Å²) in [5.74, 6) is 0.416. The summed E-state index contributed by atoms with van der Waals surface area (Å²) in [6.07, 6.45) is 0.659. The van der Waals surface area contributed by atoms with Crippen LogP contribution in [0.3, 0.4) is 0 Å². The molecule has 0 saturated heterocycles. The van der Waals surface area contributed by atoms with Crippen LogP contribution in [-0.4, -0.2) is 55.0 Å². The fraction of sp³-hybridized carbons (Fsp3) is 0.333. The monoisotopic (exact) mass is 480 g/mol. The second-order valence-corrected chi connectivity index (χ2v) is 8.85. The Balaban J connectivity index is 1.76. The van der Waals surface area contributed by atoms with E-state index in [0.29, 0.717) is 50.6 Å². The van der Waals surface area contributed by atoms with Crippen molar-refractivity contribution in [2.75, 3.05) is 33.4 Å². The van der Waals surface area contributed by atoms with E-state index < -0.39 is 0 Å². The standard InChI is InChI=1S/C27H32N2O4S/c1-3-33-17-8-16-28(27(31)23-12-14-24(32-2)15-13-23)21-26(30)29(20-25-11-7-18-34-25)19-22-9-5-4-6-10-22/h4-7,9-15,18H,3,8,16-17,19-21H2,1-2H3. The lowest BCUT2D eigenvalue weighted by atomic mass is 10.1. The Kier molecular flexibility index (Phi) is 10.1. The highest BCUT2D eigenvalue weighted by atomic mass is 32.1. The predicted octanol–water partition coefficient (Wildman–Crippen LogP) is 4.85. The molecule has 0 fully saturated rings. The highest BCUT2D eigenvalue weighted by molar-refractivity contribution is 7.09. The molecule has 3 rings (SSSR count). The van der Waals surface area contributed by atoms with Gasteiger partial charge in [-0.25, -0.2) is 0 Å². The number of benzene rings is 2. The van der Waals surface area contributed by atoms with Gasteiger partial charge in [-0.15, -0.1) is 11.3 Å². The van der Waals surface area contributed by atoms with Gasteiger partial charge in [-0.3, -0.25) is 9.59 Å². The molecule has 34 heavy (non-hydrogen) atoms. The number of hydrogen-bond donors (Lipinski definition) is 0. The molecule has 0 unspecified atom stereocenters. The fourth-order valence-electron chi connectivity index (χ4n) is 3.56. The predicted molar refractivity (Wildman–Crippen MR) is 135 cm³/mol. The third kappa shape index (κ3) is 7.71. The summed E-state index contributed by atoms with van der Waals surface area (Å²) in [7, 11) is 1.59. The number of methoxy groups -OCH3 is 1. The van der Waals surface area contributed by atoms with Gasteiger partial charge in [0.2, 0.25) is 5.91 Å². The molecule has 3 aromatic rings. The van der Waals surface area contributed by atoms with Gasteiger partial charge >= 0.3 is 0 Å². The molecule has 0 N–H and O–H groups in total. The van der Waals surface area contributed by atoms with Gasteiger partial charge in [0.25, 0.3) is 5.91 Å². The molecular formula is C27H32N2O4S. The minimum Gasteiger partial charge on any atom is -0.497 e. The summed E-state index contributed by atoms with van der Waals surface area (Å²) < 4.78 is 10.7. The van der Waals surface area contributed by atoms with E-state index in [0.717, 1.165) is 10.4 Å². The lowest BCUT2D eigenvalue weighted by Crippen LogP contribution is -2.43. The maximum absolute atomic E-state index is 13.5. The fourth-order valence-corrected chi connectivity index (χ4v) is 4.28. The van der Waals surface area contributed by atoms with Gasteiger partial charge in [-0.1, -0.05) is 36.4 Å². The SMILES string of the molecule is CCOCCCN(CC(=O)N(Cc1ccccc1)Cc1cccs1)C(=O)c1ccc(OC)cc1. The van der Waals surface area contributed by atoms with Crippen LogP contribution in [0.4, 0.5) is 0 Å². The number of ether oxygens (including phenoxy) is 2. The number of thiophene rings is 1. The Hall–Kier alpha value is -3.16.